The van der Waals surface area contributed by atoms with Crippen LogP contribution >= 0.6 is 11.8 Å². The number of aryl methyl sites for hydroxylation is 1. The van der Waals surface area contributed by atoms with Gasteiger partial charge in [-0.15, -0.1) is 11.8 Å². The first-order chi connectivity index (χ1) is 17.6. The number of carbonyl (C=O) groups is 1. The normalized spacial score (nSPS) is 20.7. The Bertz CT molecular complexity index is 1180. The molecule has 4 heteroatoms. The van der Waals surface area contributed by atoms with E-state index in [1.165, 1.54) is 11.1 Å². The maximum absolute atomic E-state index is 12.4. The second-order valence-corrected chi connectivity index (χ2v) is 11.0. The largest absolute Gasteiger partial charge is 0.465 e. The Morgan fingerprint density at radius 3 is 2.31 bits per heavy atom. The fourth-order valence-electron chi connectivity index (χ4n) is 5.25. The van der Waals surface area contributed by atoms with Gasteiger partial charge in [0.1, 0.15) is 0 Å². The van der Waals surface area contributed by atoms with Gasteiger partial charge >= 0.3 is 5.97 Å². The molecule has 36 heavy (non-hydrogen) atoms. The second-order valence-electron chi connectivity index (χ2n) is 9.90. The number of ether oxygens (including phenoxy) is 1. The van der Waals surface area contributed by atoms with Crippen LogP contribution in [0, 0.1) is 0 Å². The highest BCUT2D eigenvalue weighted by atomic mass is 32.2. The van der Waals surface area contributed by atoms with Crippen molar-refractivity contribution in [1.82, 2.24) is 0 Å². The first-order valence-electron chi connectivity index (χ1n) is 13.0. The van der Waals surface area contributed by atoms with Crippen LogP contribution in [0.15, 0.2) is 90.3 Å². The van der Waals surface area contributed by atoms with Crippen LogP contribution in [0.25, 0.3) is 11.1 Å². The molecule has 1 fully saturated rings. The van der Waals surface area contributed by atoms with Crippen LogP contribution in [0.1, 0.15) is 55.2 Å². The lowest BCUT2D eigenvalue weighted by atomic mass is 9.89. The van der Waals surface area contributed by atoms with Crippen molar-refractivity contribution in [3.05, 3.63) is 107 Å². The van der Waals surface area contributed by atoms with E-state index in [0.717, 1.165) is 48.8 Å². The molecular formula is C32H34O3S. The number of benzene rings is 3. The summed E-state index contributed by atoms with van der Waals surface area (Å²) >= 11 is 1.75. The van der Waals surface area contributed by atoms with Crippen LogP contribution in [0.4, 0.5) is 0 Å². The lowest BCUT2D eigenvalue weighted by molar-refractivity contribution is -0.146. The molecule has 0 saturated heterocycles. The maximum atomic E-state index is 12.4. The molecule has 1 aliphatic carbocycles. The van der Waals surface area contributed by atoms with E-state index in [2.05, 4.69) is 84.3 Å². The highest BCUT2D eigenvalue weighted by Gasteiger charge is 2.52. The highest BCUT2D eigenvalue weighted by Crippen LogP contribution is 2.49. The van der Waals surface area contributed by atoms with Crippen molar-refractivity contribution in [3.63, 3.8) is 0 Å². The molecule has 3 unspecified atom stereocenters. The first kappa shape index (κ1) is 24.9. The summed E-state index contributed by atoms with van der Waals surface area (Å²) in [4.78, 5) is 12.4. The molecule has 0 aromatic heterocycles. The summed E-state index contributed by atoms with van der Waals surface area (Å²) in [6, 6.07) is 27.6. The standard InChI is InChI=1S/C32H34O3S/c1-2-35-31(34)32(20-21-32)27-17-15-25(16-18-27)24-11-13-26(14-12-24)28-19-22-36-30(28)29(33)10-6-9-23-7-4-3-5-8-23/h3-5,7-8,11-19,22,28-30,33H,2,6,9-10,20-21H2,1H3. The number of thioether (sulfide) groups is 1. The molecule has 3 aromatic carbocycles. The van der Waals surface area contributed by atoms with Gasteiger partial charge in [-0.3, -0.25) is 4.79 Å². The third kappa shape index (κ3) is 5.30. The topological polar surface area (TPSA) is 46.5 Å². The van der Waals surface area contributed by atoms with E-state index >= 15 is 0 Å². The number of rotatable bonds is 10. The van der Waals surface area contributed by atoms with Crippen LogP contribution < -0.4 is 0 Å². The predicted octanol–water partition coefficient (Wildman–Crippen LogP) is 7.04. The fraction of sp³-hybridized carbons (Fsp3) is 0.344. The Kier molecular flexibility index (Phi) is 7.64. The van der Waals surface area contributed by atoms with E-state index in [0.29, 0.717) is 6.61 Å². The molecule has 1 saturated carbocycles. The third-order valence-corrected chi connectivity index (χ3v) is 8.78. The van der Waals surface area contributed by atoms with Gasteiger partial charge in [0.15, 0.2) is 0 Å². The lowest BCUT2D eigenvalue weighted by Crippen LogP contribution is -2.26. The summed E-state index contributed by atoms with van der Waals surface area (Å²) in [5, 5.41) is 13.3. The molecule has 1 heterocycles. The predicted molar refractivity (Wildman–Crippen MR) is 148 cm³/mol. The summed E-state index contributed by atoms with van der Waals surface area (Å²) in [6.45, 7) is 2.28. The Balaban J connectivity index is 1.21. The molecule has 0 spiro atoms. The molecule has 1 N–H and O–H groups in total. The van der Waals surface area contributed by atoms with Gasteiger partial charge in [-0.25, -0.2) is 0 Å². The van der Waals surface area contributed by atoms with Crippen molar-refractivity contribution in [2.75, 3.05) is 6.61 Å². The molecule has 3 atom stereocenters. The van der Waals surface area contributed by atoms with Crippen LogP contribution in [-0.2, 0) is 21.4 Å². The number of hydrogen-bond acceptors (Lipinski definition) is 4. The summed E-state index contributed by atoms with van der Waals surface area (Å²) in [5.41, 5.74) is 5.48. The Morgan fingerprint density at radius 2 is 1.67 bits per heavy atom. The molecule has 3 aromatic rings. The van der Waals surface area contributed by atoms with Gasteiger partial charge in [-0.2, -0.15) is 0 Å². The van der Waals surface area contributed by atoms with Gasteiger partial charge in [0, 0.05) is 11.2 Å². The zero-order chi connectivity index (χ0) is 25.0. The van der Waals surface area contributed by atoms with Crippen molar-refractivity contribution in [3.8, 4) is 11.1 Å². The van der Waals surface area contributed by atoms with Gasteiger partial charge in [-0.05, 0) is 72.3 Å². The Labute approximate surface area is 218 Å². The SMILES string of the molecule is CCOC(=O)C1(c2ccc(-c3ccc(C4C=CSC4C(O)CCCc4ccccc4)cc3)cc2)CC1. The molecule has 186 valence electrons. The highest BCUT2D eigenvalue weighted by molar-refractivity contribution is 8.03. The molecular weight excluding hydrogens is 464 g/mol. The molecule has 3 nitrogen and oxygen atoms in total. The minimum atomic E-state index is -0.429. The van der Waals surface area contributed by atoms with Crippen molar-refractivity contribution in [1.29, 1.82) is 0 Å². The zero-order valence-corrected chi connectivity index (χ0v) is 21.6. The van der Waals surface area contributed by atoms with E-state index in [-0.39, 0.29) is 23.2 Å². The summed E-state index contributed by atoms with van der Waals surface area (Å²) < 4.78 is 5.30. The van der Waals surface area contributed by atoms with Crippen LogP contribution in [0.3, 0.4) is 0 Å². The van der Waals surface area contributed by atoms with E-state index in [1.807, 2.05) is 13.0 Å². The lowest BCUT2D eigenvalue weighted by Gasteiger charge is -2.24. The number of esters is 1. The van der Waals surface area contributed by atoms with E-state index in [1.54, 1.807) is 11.8 Å². The third-order valence-electron chi connectivity index (χ3n) is 7.55. The van der Waals surface area contributed by atoms with Crippen LogP contribution in [0.5, 0.6) is 0 Å². The molecule has 0 bridgehead atoms. The quantitative estimate of drug-likeness (QED) is 0.304. The van der Waals surface area contributed by atoms with Crippen molar-refractivity contribution < 1.29 is 14.6 Å². The molecule has 0 radical (unpaired) electrons. The van der Waals surface area contributed by atoms with Gasteiger partial charge in [0.2, 0.25) is 0 Å². The van der Waals surface area contributed by atoms with Crippen molar-refractivity contribution in [2.45, 2.75) is 61.7 Å². The molecule has 0 amide bonds. The van der Waals surface area contributed by atoms with Gasteiger partial charge < -0.3 is 9.84 Å². The number of allylic oxidation sites excluding steroid dienone is 1. The number of hydrogen-bond donors (Lipinski definition) is 1. The van der Waals surface area contributed by atoms with Crippen molar-refractivity contribution >= 4 is 17.7 Å². The number of carbonyl (C=O) groups excluding carboxylic acids is 1. The maximum Gasteiger partial charge on any atom is 0.316 e. The Hall–Kier alpha value is -2.82. The summed E-state index contributed by atoms with van der Waals surface area (Å²) in [6.07, 6.45) is 6.42. The number of aliphatic hydroxyl groups is 1. The van der Waals surface area contributed by atoms with Crippen LogP contribution in [-0.4, -0.2) is 29.0 Å². The van der Waals surface area contributed by atoms with E-state index in [4.69, 9.17) is 4.74 Å². The van der Waals surface area contributed by atoms with Crippen LogP contribution in [0.2, 0.25) is 0 Å². The minimum absolute atomic E-state index is 0.0959. The fourth-order valence-corrected chi connectivity index (χ4v) is 6.43. The second kappa shape index (κ2) is 11.1. The minimum Gasteiger partial charge on any atom is -0.465 e. The number of aliphatic hydroxyl groups excluding tert-OH is 1. The smallest absolute Gasteiger partial charge is 0.316 e. The average molecular weight is 499 g/mol. The molecule has 2 aliphatic rings. The molecule has 1 aliphatic heterocycles. The van der Waals surface area contributed by atoms with E-state index in [9.17, 15) is 9.90 Å². The monoisotopic (exact) mass is 498 g/mol. The Morgan fingerprint density at radius 1 is 1.00 bits per heavy atom. The summed E-state index contributed by atoms with van der Waals surface area (Å²) in [7, 11) is 0. The van der Waals surface area contributed by atoms with Gasteiger partial charge in [-0.1, -0.05) is 84.9 Å². The average Bonchev–Trinajstić information content (AvgIpc) is 3.59. The van der Waals surface area contributed by atoms with Crippen molar-refractivity contribution in [2.24, 2.45) is 0 Å². The van der Waals surface area contributed by atoms with E-state index < -0.39 is 5.41 Å². The van der Waals surface area contributed by atoms with Gasteiger partial charge in [0.05, 0.1) is 18.1 Å². The zero-order valence-electron chi connectivity index (χ0n) is 20.8. The summed E-state index contributed by atoms with van der Waals surface area (Å²) in [5.74, 6) is 0.124. The first-order valence-corrected chi connectivity index (χ1v) is 14.0. The van der Waals surface area contributed by atoms with Gasteiger partial charge in [0.25, 0.3) is 0 Å². The molecule has 5 rings (SSSR count).